The molecule has 0 radical (unpaired) electrons. The van der Waals surface area contributed by atoms with Gasteiger partial charge in [0.25, 0.3) is 0 Å². The molecule has 0 saturated carbocycles. The van der Waals surface area contributed by atoms with Crippen molar-refractivity contribution in [3.05, 3.63) is 51.2 Å². The maximum absolute atomic E-state index is 10.7. The smallest absolute Gasteiger partial charge is 0.129 e. The lowest BCUT2D eigenvalue weighted by Gasteiger charge is -2.24. The van der Waals surface area contributed by atoms with Gasteiger partial charge in [0, 0.05) is 12.1 Å². The number of hydrogen-bond donors (Lipinski definition) is 1. The highest BCUT2D eigenvalue weighted by Gasteiger charge is 2.31. The number of benzene rings is 1. The van der Waals surface area contributed by atoms with Crippen LogP contribution in [0.15, 0.2) is 34.9 Å². The van der Waals surface area contributed by atoms with Gasteiger partial charge in [0.05, 0.1) is 16.4 Å². The van der Waals surface area contributed by atoms with Crippen LogP contribution in [-0.2, 0) is 12.6 Å². The van der Waals surface area contributed by atoms with E-state index in [1.165, 1.54) is 0 Å². The van der Waals surface area contributed by atoms with Crippen molar-refractivity contribution in [3.63, 3.8) is 0 Å². The van der Waals surface area contributed by atoms with Gasteiger partial charge in [0.2, 0.25) is 0 Å². The number of aromatic nitrogens is 2. The molecule has 1 aromatic carbocycles. The first kappa shape index (κ1) is 12.6. The molecule has 0 aliphatic rings. The fourth-order valence-electron chi connectivity index (χ4n) is 1.87. The zero-order valence-corrected chi connectivity index (χ0v) is 11.8. The van der Waals surface area contributed by atoms with Crippen molar-refractivity contribution in [1.82, 2.24) is 9.78 Å². The van der Waals surface area contributed by atoms with Gasteiger partial charge in [-0.15, -0.1) is 0 Å². The molecule has 0 amide bonds. The Morgan fingerprint density at radius 1 is 1.35 bits per heavy atom. The van der Waals surface area contributed by atoms with Crippen LogP contribution in [0.2, 0.25) is 5.02 Å². The quantitative estimate of drug-likeness (QED) is 0.925. The third kappa shape index (κ3) is 2.25. The van der Waals surface area contributed by atoms with Crippen molar-refractivity contribution >= 4 is 27.5 Å². The summed E-state index contributed by atoms with van der Waals surface area (Å²) in [5.74, 6) is 0. The molecule has 0 bridgehead atoms. The highest BCUT2D eigenvalue weighted by molar-refractivity contribution is 9.10. The third-order valence-corrected chi connectivity index (χ3v) is 3.59. The topological polar surface area (TPSA) is 38.0 Å². The highest BCUT2D eigenvalue weighted by Crippen LogP contribution is 2.33. The number of hydrogen-bond acceptors (Lipinski definition) is 2. The van der Waals surface area contributed by atoms with E-state index in [9.17, 15) is 5.11 Å². The number of rotatable bonds is 2. The van der Waals surface area contributed by atoms with E-state index in [2.05, 4.69) is 21.0 Å². The molecule has 0 fully saturated rings. The van der Waals surface area contributed by atoms with Crippen molar-refractivity contribution in [2.45, 2.75) is 12.5 Å². The Bertz CT molecular complexity index is 514. The minimum absolute atomic E-state index is 0.647. The van der Waals surface area contributed by atoms with E-state index in [-0.39, 0.29) is 0 Å². The molecule has 1 unspecified atom stereocenters. The molecule has 1 N–H and O–H groups in total. The lowest BCUT2D eigenvalue weighted by Crippen LogP contribution is -2.26. The molecular weight excluding hydrogens is 304 g/mol. The lowest BCUT2D eigenvalue weighted by atomic mass is 9.92. The molecule has 1 heterocycles. The fraction of sp³-hybridized carbons (Fsp3) is 0.250. The van der Waals surface area contributed by atoms with Crippen molar-refractivity contribution < 1.29 is 5.11 Å². The summed E-state index contributed by atoms with van der Waals surface area (Å²) in [7, 11) is 1.80. The van der Waals surface area contributed by atoms with Crippen LogP contribution in [-0.4, -0.2) is 14.9 Å². The van der Waals surface area contributed by atoms with E-state index < -0.39 is 5.60 Å². The summed E-state index contributed by atoms with van der Waals surface area (Å²) in [6, 6.07) is 7.13. The van der Waals surface area contributed by atoms with Crippen LogP contribution in [0, 0.1) is 0 Å². The number of aryl methyl sites for hydroxylation is 1. The minimum Gasteiger partial charge on any atom is -0.379 e. The Balaban J connectivity index is 2.53. The molecule has 3 nitrogen and oxygen atoms in total. The maximum atomic E-state index is 10.7. The van der Waals surface area contributed by atoms with Gasteiger partial charge >= 0.3 is 0 Å². The SMILES string of the molecule is Cn1ncc(Br)c1C(C)(O)c1ccc(Cl)cc1. The lowest BCUT2D eigenvalue weighted by molar-refractivity contribution is 0.0921. The first-order chi connectivity index (χ1) is 7.93. The summed E-state index contributed by atoms with van der Waals surface area (Å²) in [4.78, 5) is 0. The first-order valence-electron chi connectivity index (χ1n) is 5.09. The summed E-state index contributed by atoms with van der Waals surface area (Å²) in [5, 5.41) is 15.4. The van der Waals surface area contributed by atoms with E-state index in [0.717, 1.165) is 10.0 Å². The minimum atomic E-state index is -1.12. The number of aliphatic hydroxyl groups is 1. The van der Waals surface area contributed by atoms with Crippen LogP contribution >= 0.6 is 27.5 Å². The molecular formula is C12H12BrClN2O. The van der Waals surface area contributed by atoms with E-state index in [4.69, 9.17) is 11.6 Å². The third-order valence-electron chi connectivity index (χ3n) is 2.76. The van der Waals surface area contributed by atoms with E-state index >= 15 is 0 Å². The molecule has 0 aliphatic heterocycles. The monoisotopic (exact) mass is 314 g/mol. The van der Waals surface area contributed by atoms with Gasteiger partial charge < -0.3 is 5.11 Å². The van der Waals surface area contributed by atoms with E-state index in [1.807, 2.05) is 12.1 Å². The molecule has 2 aromatic rings. The predicted molar refractivity (Wildman–Crippen MR) is 71.0 cm³/mol. The average Bonchev–Trinajstić information content (AvgIpc) is 2.59. The van der Waals surface area contributed by atoms with Crippen molar-refractivity contribution in [3.8, 4) is 0 Å². The Morgan fingerprint density at radius 3 is 2.41 bits per heavy atom. The second kappa shape index (κ2) is 4.44. The Kier molecular flexibility index (Phi) is 3.30. The Labute approximate surface area is 113 Å². The Morgan fingerprint density at radius 2 is 1.94 bits per heavy atom. The van der Waals surface area contributed by atoms with E-state index in [1.54, 1.807) is 37.0 Å². The van der Waals surface area contributed by atoms with Crippen LogP contribution in [0.4, 0.5) is 0 Å². The molecule has 90 valence electrons. The molecule has 2 rings (SSSR count). The van der Waals surface area contributed by atoms with Crippen molar-refractivity contribution in [2.24, 2.45) is 7.05 Å². The molecule has 0 saturated heterocycles. The summed E-state index contributed by atoms with van der Waals surface area (Å²) >= 11 is 9.24. The van der Waals surface area contributed by atoms with Crippen LogP contribution in [0.3, 0.4) is 0 Å². The predicted octanol–water partition coefficient (Wildman–Crippen LogP) is 3.09. The van der Waals surface area contributed by atoms with Crippen LogP contribution in [0.25, 0.3) is 0 Å². The van der Waals surface area contributed by atoms with Gasteiger partial charge in [0.1, 0.15) is 5.60 Å². The summed E-state index contributed by atoms with van der Waals surface area (Å²) in [6.45, 7) is 1.73. The molecule has 1 aromatic heterocycles. The summed E-state index contributed by atoms with van der Waals surface area (Å²) in [6.07, 6.45) is 1.67. The highest BCUT2D eigenvalue weighted by atomic mass is 79.9. The van der Waals surface area contributed by atoms with Crippen LogP contribution < -0.4 is 0 Å². The second-order valence-electron chi connectivity index (χ2n) is 4.04. The summed E-state index contributed by atoms with van der Waals surface area (Å²) < 4.78 is 2.43. The van der Waals surface area contributed by atoms with E-state index in [0.29, 0.717) is 10.7 Å². The van der Waals surface area contributed by atoms with Gasteiger partial charge in [0.15, 0.2) is 0 Å². The normalized spacial score (nSPS) is 14.6. The molecule has 5 heteroatoms. The summed E-state index contributed by atoms with van der Waals surface area (Å²) in [5.41, 5.74) is 0.361. The van der Waals surface area contributed by atoms with Crippen LogP contribution in [0.1, 0.15) is 18.2 Å². The molecule has 0 spiro atoms. The van der Waals surface area contributed by atoms with Crippen molar-refractivity contribution in [1.29, 1.82) is 0 Å². The van der Waals surface area contributed by atoms with Gasteiger partial charge in [-0.1, -0.05) is 23.7 Å². The Hall–Kier alpha value is -0.840. The van der Waals surface area contributed by atoms with Crippen molar-refractivity contribution in [2.75, 3.05) is 0 Å². The fourth-order valence-corrected chi connectivity index (χ4v) is 2.73. The first-order valence-corrected chi connectivity index (χ1v) is 6.26. The molecule has 17 heavy (non-hydrogen) atoms. The second-order valence-corrected chi connectivity index (χ2v) is 5.33. The van der Waals surface area contributed by atoms with Crippen LogP contribution in [0.5, 0.6) is 0 Å². The standard InChI is InChI=1S/C12H12BrClN2O/c1-12(17,8-3-5-9(14)6-4-8)11-10(13)7-15-16(11)2/h3-7,17H,1-2H3. The number of nitrogens with zero attached hydrogens (tertiary/aromatic N) is 2. The van der Waals surface area contributed by atoms with Gasteiger partial charge in [-0.25, -0.2) is 0 Å². The van der Waals surface area contributed by atoms with Gasteiger partial charge in [-0.05, 0) is 40.5 Å². The van der Waals surface area contributed by atoms with Gasteiger partial charge in [-0.3, -0.25) is 4.68 Å². The average molecular weight is 316 g/mol. The number of halogens is 2. The zero-order valence-electron chi connectivity index (χ0n) is 9.48. The largest absolute Gasteiger partial charge is 0.379 e. The molecule has 1 atom stereocenters. The zero-order chi connectivity index (χ0) is 12.6. The van der Waals surface area contributed by atoms with Gasteiger partial charge in [-0.2, -0.15) is 5.10 Å². The molecule has 0 aliphatic carbocycles. The maximum Gasteiger partial charge on any atom is 0.129 e.